The molecule has 0 bridgehead atoms. The van der Waals surface area contributed by atoms with E-state index in [9.17, 15) is 9.59 Å². The van der Waals surface area contributed by atoms with Crippen molar-refractivity contribution in [3.63, 3.8) is 0 Å². The van der Waals surface area contributed by atoms with E-state index in [2.05, 4.69) is 33.7 Å². The summed E-state index contributed by atoms with van der Waals surface area (Å²) in [7, 11) is 0. The van der Waals surface area contributed by atoms with E-state index < -0.39 is 11.8 Å². The first-order chi connectivity index (χ1) is 20.7. The highest BCUT2D eigenvalue weighted by Crippen LogP contribution is 2.32. The highest BCUT2D eigenvalue weighted by atomic mass is 32.1. The summed E-state index contributed by atoms with van der Waals surface area (Å²) in [5, 5.41) is 0.132. The molecule has 2 amide bonds. The molecule has 0 aliphatic carbocycles. The van der Waals surface area contributed by atoms with E-state index in [1.165, 1.54) is 15.5 Å². The maximum atomic E-state index is 14.1. The minimum atomic E-state index is -0.444. The summed E-state index contributed by atoms with van der Waals surface area (Å²) in [6.45, 7) is 11.3. The van der Waals surface area contributed by atoms with Crippen LogP contribution in [-0.4, -0.2) is 47.8 Å². The van der Waals surface area contributed by atoms with Gasteiger partial charge in [-0.2, -0.15) is 0 Å². The third kappa shape index (κ3) is 5.28. The fourth-order valence-electron chi connectivity index (χ4n) is 5.75. The minimum absolute atomic E-state index is 0.0543. The Labute approximate surface area is 257 Å². The number of nitrogens with zero attached hydrogens (tertiary/aromatic N) is 4. The molecule has 3 heterocycles. The Morgan fingerprint density at radius 1 is 0.698 bits per heavy atom. The Balaban J connectivity index is 1.41. The Kier molecular flexibility index (Phi) is 7.73. The molecular formula is C35H34N4O3S. The summed E-state index contributed by atoms with van der Waals surface area (Å²) in [5.41, 5.74) is 8.34. The summed E-state index contributed by atoms with van der Waals surface area (Å²) in [4.78, 5) is 33.3. The molecule has 0 unspecified atom stereocenters. The van der Waals surface area contributed by atoms with Crippen LogP contribution in [0.2, 0.25) is 0 Å². The molecule has 3 aromatic carbocycles. The van der Waals surface area contributed by atoms with Crippen LogP contribution in [0.1, 0.15) is 28.1 Å². The molecule has 0 atom stereocenters. The molecule has 218 valence electrons. The molecule has 0 radical (unpaired) electrons. The lowest BCUT2D eigenvalue weighted by Crippen LogP contribution is -2.57. The average molecular weight is 591 g/mol. The average Bonchev–Trinajstić information content (AvgIpc) is 3.30. The summed E-state index contributed by atoms with van der Waals surface area (Å²) < 4.78 is 7.64. The van der Waals surface area contributed by atoms with Gasteiger partial charge in [-0.25, -0.2) is 0 Å². The highest BCUT2D eigenvalue weighted by molar-refractivity contribution is 7.81. The molecule has 0 saturated carbocycles. The predicted octanol–water partition coefficient (Wildman–Crippen LogP) is 6.30. The number of rotatable bonds is 5. The van der Waals surface area contributed by atoms with Gasteiger partial charge in [0.05, 0.1) is 24.6 Å². The Bertz CT molecular complexity index is 1750. The maximum absolute atomic E-state index is 14.1. The van der Waals surface area contributed by atoms with Crippen molar-refractivity contribution in [1.82, 2.24) is 4.57 Å². The quantitative estimate of drug-likeness (QED) is 0.155. The van der Waals surface area contributed by atoms with Crippen molar-refractivity contribution in [3.8, 4) is 5.69 Å². The minimum Gasteiger partial charge on any atom is -0.378 e. The first-order valence-electron chi connectivity index (χ1n) is 14.4. The van der Waals surface area contributed by atoms with Crippen LogP contribution in [0.25, 0.3) is 11.8 Å². The number of benzene rings is 3. The van der Waals surface area contributed by atoms with Gasteiger partial charge >= 0.3 is 0 Å². The van der Waals surface area contributed by atoms with Crippen LogP contribution in [-0.2, 0) is 14.3 Å². The lowest BCUT2D eigenvalue weighted by atomic mass is 10.0. The molecule has 2 aliphatic heterocycles. The molecule has 2 fully saturated rings. The number of aryl methyl sites for hydroxylation is 3. The number of morpholine rings is 1. The first-order valence-corrected chi connectivity index (χ1v) is 14.8. The normalized spacial score (nSPS) is 16.9. The topological polar surface area (TPSA) is 58.0 Å². The third-order valence-corrected chi connectivity index (χ3v) is 8.63. The van der Waals surface area contributed by atoms with Crippen molar-refractivity contribution in [2.75, 3.05) is 41.0 Å². The van der Waals surface area contributed by atoms with Crippen molar-refractivity contribution >= 4 is 52.3 Å². The molecule has 7 nitrogen and oxygen atoms in total. The van der Waals surface area contributed by atoms with E-state index >= 15 is 0 Å². The summed E-state index contributed by atoms with van der Waals surface area (Å²) in [6, 6.07) is 25.5. The fourth-order valence-corrected chi connectivity index (χ4v) is 6.12. The number of aromatic nitrogens is 1. The van der Waals surface area contributed by atoms with E-state index in [0.717, 1.165) is 60.1 Å². The smallest absolute Gasteiger partial charge is 0.270 e. The van der Waals surface area contributed by atoms with Gasteiger partial charge in [0, 0.05) is 35.9 Å². The van der Waals surface area contributed by atoms with Gasteiger partial charge in [-0.1, -0.05) is 24.3 Å². The fraction of sp³-hybridized carbons (Fsp3) is 0.229. The standard InChI is InChI=1S/C35H34N4O3S/c1-23-10-11-31(20-24(23)2)39-34(41)32(33(40)38(35(39)43)29-8-6-5-7-9-29)22-27-21-25(3)37(26(27)4)30-14-12-28(13-15-30)36-16-18-42-19-17-36/h5-15,20-22H,16-19H2,1-4H3/b32-22-. The molecule has 0 N–H and O–H groups in total. The van der Waals surface area contributed by atoms with Crippen molar-refractivity contribution < 1.29 is 14.3 Å². The summed E-state index contributed by atoms with van der Waals surface area (Å²) in [5.74, 6) is -0.883. The summed E-state index contributed by atoms with van der Waals surface area (Å²) >= 11 is 5.80. The van der Waals surface area contributed by atoms with Crippen LogP contribution in [0.3, 0.4) is 0 Å². The Morgan fingerprint density at radius 3 is 1.95 bits per heavy atom. The molecule has 2 saturated heterocycles. The van der Waals surface area contributed by atoms with E-state index in [-0.39, 0.29) is 10.7 Å². The Morgan fingerprint density at radius 2 is 1.30 bits per heavy atom. The number of carbonyl (C=O) groups is 2. The number of ether oxygens (including phenoxy) is 1. The van der Waals surface area contributed by atoms with Gasteiger partial charge in [0.15, 0.2) is 5.11 Å². The van der Waals surface area contributed by atoms with Gasteiger partial charge in [-0.15, -0.1) is 0 Å². The molecular weight excluding hydrogens is 556 g/mol. The third-order valence-electron chi connectivity index (χ3n) is 8.27. The van der Waals surface area contributed by atoms with E-state index in [1.54, 1.807) is 6.08 Å². The largest absolute Gasteiger partial charge is 0.378 e. The molecule has 2 aliphatic rings. The molecule has 4 aromatic rings. The number of amides is 2. The van der Waals surface area contributed by atoms with Gasteiger partial charge in [0.25, 0.3) is 11.8 Å². The number of hydrogen-bond acceptors (Lipinski definition) is 5. The molecule has 8 heteroatoms. The Hall–Kier alpha value is -4.53. The van der Waals surface area contributed by atoms with Crippen molar-refractivity contribution in [1.29, 1.82) is 0 Å². The van der Waals surface area contributed by atoms with Crippen LogP contribution < -0.4 is 14.7 Å². The van der Waals surface area contributed by atoms with Crippen molar-refractivity contribution in [3.05, 3.63) is 113 Å². The highest BCUT2D eigenvalue weighted by Gasteiger charge is 2.41. The monoisotopic (exact) mass is 590 g/mol. The van der Waals surface area contributed by atoms with Crippen LogP contribution in [0.15, 0.2) is 84.4 Å². The van der Waals surface area contributed by atoms with Gasteiger partial charge in [-0.05, 0) is 117 Å². The second-order valence-electron chi connectivity index (χ2n) is 11.0. The molecule has 0 spiro atoms. The molecule has 6 rings (SSSR count). The van der Waals surface area contributed by atoms with Gasteiger partial charge in [0.2, 0.25) is 0 Å². The lowest BCUT2D eigenvalue weighted by Gasteiger charge is -2.36. The van der Waals surface area contributed by atoms with E-state index in [1.807, 2.05) is 82.3 Å². The molecule has 43 heavy (non-hydrogen) atoms. The zero-order valence-corrected chi connectivity index (χ0v) is 25.6. The zero-order chi connectivity index (χ0) is 30.2. The number of carbonyl (C=O) groups excluding carboxylic acids is 2. The number of anilines is 3. The maximum Gasteiger partial charge on any atom is 0.270 e. The molecule has 1 aromatic heterocycles. The van der Waals surface area contributed by atoms with Crippen LogP contribution >= 0.6 is 12.2 Å². The summed E-state index contributed by atoms with van der Waals surface area (Å²) in [6.07, 6.45) is 1.71. The lowest BCUT2D eigenvalue weighted by molar-refractivity contribution is -0.120. The second kappa shape index (κ2) is 11.6. The SMILES string of the molecule is Cc1ccc(N2C(=O)/C(=C\c3cc(C)n(-c4ccc(N5CCOCC5)cc4)c3C)C(=O)N(c3ccccc3)C2=S)cc1C. The number of hydrogen-bond donors (Lipinski definition) is 0. The van der Waals surface area contributed by atoms with Gasteiger partial charge in [0.1, 0.15) is 5.57 Å². The van der Waals surface area contributed by atoms with Crippen LogP contribution in [0.5, 0.6) is 0 Å². The van der Waals surface area contributed by atoms with E-state index in [0.29, 0.717) is 11.4 Å². The number of para-hydroxylation sites is 1. The van der Waals surface area contributed by atoms with Crippen molar-refractivity contribution in [2.24, 2.45) is 0 Å². The predicted molar refractivity (Wildman–Crippen MR) is 176 cm³/mol. The van der Waals surface area contributed by atoms with Crippen LogP contribution in [0.4, 0.5) is 17.1 Å². The second-order valence-corrected chi connectivity index (χ2v) is 11.4. The zero-order valence-electron chi connectivity index (χ0n) is 24.8. The van der Waals surface area contributed by atoms with Gasteiger partial charge < -0.3 is 14.2 Å². The van der Waals surface area contributed by atoms with Gasteiger partial charge in [-0.3, -0.25) is 19.4 Å². The van der Waals surface area contributed by atoms with Crippen molar-refractivity contribution in [2.45, 2.75) is 27.7 Å². The van der Waals surface area contributed by atoms with E-state index in [4.69, 9.17) is 17.0 Å². The number of thiocarbonyl (C=S) groups is 1. The first kappa shape index (κ1) is 28.6. The van der Waals surface area contributed by atoms with Crippen LogP contribution in [0, 0.1) is 27.7 Å².